The molecule has 0 atom stereocenters. The molecule has 19 heavy (non-hydrogen) atoms. The van der Waals surface area contributed by atoms with E-state index in [-0.39, 0.29) is 12.6 Å². The molecular weight excluding hydrogens is 242 g/mol. The van der Waals surface area contributed by atoms with Crippen LogP contribution in [0.3, 0.4) is 0 Å². The molecule has 2 amide bonds. The van der Waals surface area contributed by atoms with E-state index in [2.05, 4.69) is 5.32 Å². The van der Waals surface area contributed by atoms with Gasteiger partial charge in [0.15, 0.2) is 0 Å². The van der Waals surface area contributed by atoms with Crippen LogP contribution < -0.4 is 10.2 Å². The molecule has 1 fully saturated rings. The van der Waals surface area contributed by atoms with Gasteiger partial charge in [0.1, 0.15) is 0 Å². The van der Waals surface area contributed by atoms with Gasteiger partial charge in [-0.2, -0.15) is 0 Å². The molecule has 5 heteroatoms. The molecule has 0 radical (unpaired) electrons. The fourth-order valence-electron chi connectivity index (χ4n) is 1.98. The van der Waals surface area contributed by atoms with Crippen molar-refractivity contribution < 1.29 is 9.90 Å². The SMILES string of the molecule is CN(C)c1ccc(NC(=O)N(CCO)C2CC2)cc1. The predicted octanol–water partition coefficient (Wildman–Crippen LogP) is 1.74. The van der Waals surface area contributed by atoms with Gasteiger partial charge in [-0.3, -0.25) is 0 Å². The maximum absolute atomic E-state index is 12.1. The molecule has 1 aromatic rings. The Morgan fingerprint density at radius 1 is 1.32 bits per heavy atom. The molecule has 5 nitrogen and oxygen atoms in total. The Morgan fingerprint density at radius 2 is 1.95 bits per heavy atom. The number of carbonyl (C=O) groups is 1. The van der Waals surface area contributed by atoms with Crippen LogP contribution in [0.15, 0.2) is 24.3 Å². The molecule has 1 aliphatic carbocycles. The number of benzene rings is 1. The highest BCUT2D eigenvalue weighted by molar-refractivity contribution is 5.90. The van der Waals surface area contributed by atoms with Gasteiger partial charge in [-0.1, -0.05) is 0 Å². The Morgan fingerprint density at radius 3 is 2.42 bits per heavy atom. The topological polar surface area (TPSA) is 55.8 Å². The monoisotopic (exact) mass is 263 g/mol. The summed E-state index contributed by atoms with van der Waals surface area (Å²) in [7, 11) is 3.95. The molecule has 0 aliphatic heterocycles. The molecule has 0 unspecified atom stereocenters. The number of urea groups is 1. The van der Waals surface area contributed by atoms with Gasteiger partial charge in [0.25, 0.3) is 0 Å². The molecule has 0 bridgehead atoms. The van der Waals surface area contributed by atoms with Crippen LogP contribution in [-0.2, 0) is 0 Å². The maximum atomic E-state index is 12.1. The number of anilines is 2. The van der Waals surface area contributed by atoms with Gasteiger partial charge in [0.2, 0.25) is 0 Å². The summed E-state index contributed by atoms with van der Waals surface area (Å²) in [5.74, 6) is 0. The Hall–Kier alpha value is -1.75. The number of amides is 2. The fraction of sp³-hybridized carbons (Fsp3) is 0.500. The lowest BCUT2D eigenvalue weighted by Gasteiger charge is -2.22. The van der Waals surface area contributed by atoms with Crippen molar-refractivity contribution in [2.75, 3.05) is 37.5 Å². The second-order valence-electron chi connectivity index (χ2n) is 5.02. The minimum Gasteiger partial charge on any atom is -0.395 e. The summed E-state index contributed by atoms with van der Waals surface area (Å²) in [6, 6.07) is 7.86. The van der Waals surface area contributed by atoms with Crippen LogP contribution in [0.2, 0.25) is 0 Å². The third-order valence-electron chi connectivity index (χ3n) is 3.22. The quantitative estimate of drug-likeness (QED) is 0.851. The molecule has 0 saturated heterocycles. The number of carbonyl (C=O) groups excluding carboxylic acids is 1. The Labute approximate surface area is 113 Å². The first-order valence-electron chi connectivity index (χ1n) is 6.57. The summed E-state index contributed by atoms with van der Waals surface area (Å²) in [5.41, 5.74) is 1.87. The Kier molecular flexibility index (Phi) is 4.27. The van der Waals surface area contributed by atoms with E-state index in [9.17, 15) is 4.79 Å². The van der Waals surface area contributed by atoms with Crippen molar-refractivity contribution in [3.63, 3.8) is 0 Å². The molecular formula is C14H21N3O2. The average molecular weight is 263 g/mol. The van der Waals surface area contributed by atoms with Crippen molar-refractivity contribution >= 4 is 17.4 Å². The second-order valence-corrected chi connectivity index (χ2v) is 5.02. The normalized spacial score (nSPS) is 14.1. The first-order valence-corrected chi connectivity index (χ1v) is 6.57. The molecule has 0 spiro atoms. The third-order valence-corrected chi connectivity index (χ3v) is 3.22. The van der Waals surface area contributed by atoms with Gasteiger partial charge in [0, 0.05) is 38.1 Å². The molecule has 2 N–H and O–H groups in total. The number of aliphatic hydroxyl groups excluding tert-OH is 1. The minimum atomic E-state index is -0.130. The van der Waals surface area contributed by atoms with Crippen molar-refractivity contribution in [1.29, 1.82) is 0 Å². The number of rotatable bonds is 5. The average Bonchev–Trinajstić information content (AvgIpc) is 3.20. The van der Waals surface area contributed by atoms with E-state index in [0.717, 1.165) is 24.2 Å². The van der Waals surface area contributed by atoms with E-state index in [0.29, 0.717) is 12.6 Å². The molecule has 2 rings (SSSR count). The highest BCUT2D eigenvalue weighted by atomic mass is 16.3. The standard InChI is InChI=1S/C14H21N3O2/c1-16(2)12-5-3-11(4-6-12)15-14(19)17(9-10-18)13-7-8-13/h3-6,13,18H,7-10H2,1-2H3,(H,15,19). The number of nitrogens with one attached hydrogen (secondary N) is 1. The Balaban J connectivity index is 1.97. The van der Waals surface area contributed by atoms with E-state index >= 15 is 0 Å². The highest BCUT2D eigenvalue weighted by Crippen LogP contribution is 2.27. The highest BCUT2D eigenvalue weighted by Gasteiger charge is 2.32. The van der Waals surface area contributed by atoms with E-state index in [1.165, 1.54) is 0 Å². The molecule has 0 aromatic heterocycles. The summed E-state index contributed by atoms with van der Waals surface area (Å²) in [5, 5.41) is 11.9. The van der Waals surface area contributed by atoms with Gasteiger partial charge < -0.3 is 20.2 Å². The molecule has 1 aromatic carbocycles. The van der Waals surface area contributed by atoms with Gasteiger partial charge in [-0.15, -0.1) is 0 Å². The zero-order chi connectivity index (χ0) is 13.8. The molecule has 104 valence electrons. The van der Waals surface area contributed by atoms with Crippen LogP contribution in [0.25, 0.3) is 0 Å². The summed E-state index contributed by atoms with van der Waals surface area (Å²) in [4.78, 5) is 15.8. The van der Waals surface area contributed by atoms with Crippen molar-refractivity contribution in [3.05, 3.63) is 24.3 Å². The van der Waals surface area contributed by atoms with Crippen molar-refractivity contribution in [2.24, 2.45) is 0 Å². The first kappa shape index (κ1) is 13.7. The van der Waals surface area contributed by atoms with Crippen LogP contribution in [0, 0.1) is 0 Å². The second kappa shape index (κ2) is 5.93. The van der Waals surface area contributed by atoms with Crippen LogP contribution in [0.4, 0.5) is 16.2 Å². The third kappa shape index (κ3) is 3.61. The molecule has 0 heterocycles. The Bertz CT molecular complexity index is 427. The maximum Gasteiger partial charge on any atom is 0.322 e. The first-order chi connectivity index (χ1) is 9.11. The van der Waals surface area contributed by atoms with E-state index < -0.39 is 0 Å². The smallest absolute Gasteiger partial charge is 0.322 e. The summed E-state index contributed by atoms with van der Waals surface area (Å²) >= 11 is 0. The van der Waals surface area contributed by atoms with Gasteiger partial charge in [-0.05, 0) is 37.1 Å². The number of hydrogen-bond donors (Lipinski definition) is 2. The number of nitrogens with zero attached hydrogens (tertiary/aromatic N) is 2. The van der Waals surface area contributed by atoms with E-state index in [1.54, 1.807) is 4.90 Å². The van der Waals surface area contributed by atoms with Crippen LogP contribution in [-0.4, -0.2) is 49.3 Å². The largest absolute Gasteiger partial charge is 0.395 e. The zero-order valence-electron chi connectivity index (χ0n) is 11.5. The van der Waals surface area contributed by atoms with Crippen molar-refractivity contribution in [2.45, 2.75) is 18.9 Å². The zero-order valence-corrected chi connectivity index (χ0v) is 11.5. The van der Waals surface area contributed by atoms with Crippen LogP contribution >= 0.6 is 0 Å². The van der Waals surface area contributed by atoms with E-state index in [4.69, 9.17) is 5.11 Å². The lowest BCUT2D eigenvalue weighted by atomic mass is 10.2. The summed E-state index contributed by atoms with van der Waals surface area (Å²) < 4.78 is 0. The summed E-state index contributed by atoms with van der Waals surface area (Å²) in [6.07, 6.45) is 2.07. The van der Waals surface area contributed by atoms with Crippen LogP contribution in [0.1, 0.15) is 12.8 Å². The summed E-state index contributed by atoms with van der Waals surface area (Å²) in [6.45, 7) is 0.399. The predicted molar refractivity (Wildman–Crippen MR) is 76.6 cm³/mol. The van der Waals surface area contributed by atoms with Gasteiger partial charge in [0.05, 0.1) is 6.61 Å². The molecule has 1 saturated carbocycles. The number of aliphatic hydroxyl groups is 1. The minimum absolute atomic E-state index is 0.00346. The molecule has 1 aliphatic rings. The lowest BCUT2D eigenvalue weighted by Crippen LogP contribution is -2.38. The van der Waals surface area contributed by atoms with Gasteiger partial charge in [-0.25, -0.2) is 4.79 Å². The van der Waals surface area contributed by atoms with Gasteiger partial charge >= 0.3 is 6.03 Å². The van der Waals surface area contributed by atoms with Crippen molar-refractivity contribution in [1.82, 2.24) is 4.90 Å². The number of hydrogen-bond acceptors (Lipinski definition) is 3. The van der Waals surface area contributed by atoms with E-state index in [1.807, 2.05) is 43.3 Å². The fourth-order valence-corrected chi connectivity index (χ4v) is 1.98. The lowest BCUT2D eigenvalue weighted by molar-refractivity contribution is 0.185. The van der Waals surface area contributed by atoms with Crippen LogP contribution in [0.5, 0.6) is 0 Å². The van der Waals surface area contributed by atoms with Crippen molar-refractivity contribution in [3.8, 4) is 0 Å².